The Balaban J connectivity index is 1.43. The number of esters is 1. The Morgan fingerprint density at radius 1 is 1.17 bits per heavy atom. The average Bonchev–Trinajstić information content (AvgIpc) is 3.41. The number of carbonyl (C=O) groups excluding carboxylic acids is 3. The minimum atomic E-state index is -0.497. The van der Waals surface area contributed by atoms with E-state index in [4.69, 9.17) is 9.47 Å². The van der Waals surface area contributed by atoms with Crippen molar-refractivity contribution in [1.29, 1.82) is 0 Å². The topological polar surface area (TPSA) is 97.8 Å². The van der Waals surface area contributed by atoms with E-state index in [9.17, 15) is 14.4 Å². The van der Waals surface area contributed by atoms with Crippen molar-refractivity contribution in [2.24, 2.45) is 5.92 Å². The van der Waals surface area contributed by atoms with Crippen LogP contribution in [0.3, 0.4) is 0 Å². The summed E-state index contributed by atoms with van der Waals surface area (Å²) in [6.07, 6.45) is 0.111. The van der Waals surface area contributed by atoms with E-state index in [2.05, 4.69) is 10.3 Å². The number of aryl methyl sites for hydroxylation is 2. The first kappa shape index (κ1) is 24.4. The second-order valence-corrected chi connectivity index (χ2v) is 9.47. The molecule has 3 aromatic rings. The number of nitrogens with one attached hydrogen (secondary N) is 1. The van der Waals surface area contributed by atoms with Crippen LogP contribution in [0.4, 0.5) is 10.8 Å². The Hall–Kier alpha value is -3.72. The van der Waals surface area contributed by atoms with Crippen LogP contribution in [-0.4, -0.2) is 43.0 Å². The minimum absolute atomic E-state index is 0.111. The summed E-state index contributed by atoms with van der Waals surface area (Å²) >= 11 is 1.40. The highest BCUT2D eigenvalue weighted by Gasteiger charge is 2.35. The van der Waals surface area contributed by atoms with E-state index in [0.29, 0.717) is 23.0 Å². The second-order valence-electron chi connectivity index (χ2n) is 8.27. The molecule has 0 bridgehead atoms. The third-order valence-electron chi connectivity index (χ3n) is 5.88. The number of aromatic nitrogens is 1. The van der Waals surface area contributed by atoms with Crippen LogP contribution < -0.4 is 15.0 Å². The number of amides is 2. The quantitative estimate of drug-likeness (QED) is 0.483. The van der Waals surface area contributed by atoms with E-state index >= 15 is 0 Å². The lowest BCUT2D eigenvalue weighted by Gasteiger charge is -2.17. The SMILES string of the molecule is CCOC(=O)c1ccc(N2CC(C(=O)Nc3nc(-c4ccc(OC)c(C)c4)c(C)s3)CC2=O)cc1. The predicted octanol–water partition coefficient (Wildman–Crippen LogP) is 4.60. The van der Waals surface area contributed by atoms with E-state index in [1.54, 1.807) is 43.2 Å². The molecule has 35 heavy (non-hydrogen) atoms. The lowest BCUT2D eigenvalue weighted by Crippen LogP contribution is -2.28. The number of carbonyl (C=O) groups is 3. The van der Waals surface area contributed by atoms with Crippen LogP contribution in [0.15, 0.2) is 42.5 Å². The van der Waals surface area contributed by atoms with Gasteiger partial charge >= 0.3 is 5.97 Å². The van der Waals surface area contributed by atoms with E-state index in [0.717, 1.165) is 27.4 Å². The molecule has 182 valence electrons. The number of thiazole rings is 1. The third kappa shape index (κ3) is 5.19. The Bertz CT molecular complexity index is 1270. The lowest BCUT2D eigenvalue weighted by molar-refractivity contribution is -0.122. The zero-order valence-corrected chi connectivity index (χ0v) is 20.9. The van der Waals surface area contributed by atoms with Gasteiger partial charge in [0.05, 0.1) is 30.9 Å². The van der Waals surface area contributed by atoms with Crippen LogP contribution in [0.5, 0.6) is 5.75 Å². The molecule has 1 aromatic heterocycles. The summed E-state index contributed by atoms with van der Waals surface area (Å²) in [4.78, 5) is 44.6. The molecule has 8 nitrogen and oxygen atoms in total. The molecule has 1 aliphatic heterocycles. The normalized spacial score (nSPS) is 15.3. The van der Waals surface area contributed by atoms with E-state index < -0.39 is 11.9 Å². The highest BCUT2D eigenvalue weighted by Crippen LogP contribution is 2.33. The molecular formula is C26H27N3O5S. The van der Waals surface area contributed by atoms with Crippen LogP contribution in [0.1, 0.15) is 34.1 Å². The molecule has 9 heteroatoms. The van der Waals surface area contributed by atoms with Crippen molar-refractivity contribution in [1.82, 2.24) is 4.98 Å². The van der Waals surface area contributed by atoms with Crippen LogP contribution >= 0.6 is 11.3 Å². The Labute approximate surface area is 207 Å². The molecule has 0 spiro atoms. The van der Waals surface area contributed by atoms with Crippen LogP contribution in [0, 0.1) is 19.8 Å². The molecule has 0 radical (unpaired) electrons. The van der Waals surface area contributed by atoms with Gasteiger partial charge < -0.3 is 19.7 Å². The van der Waals surface area contributed by atoms with Crippen LogP contribution in [-0.2, 0) is 14.3 Å². The van der Waals surface area contributed by atoms with Gasteiger partial charge in [-0.15, -0.1) is 11.3 Å². The highest BCUT2D eigenvalue weighted by molar-refractivity contribution is 7.16. The molecular weight excluding hydrogens is 466 g/mol. The maximum atomic E-state index is 12.9. The number of ether oxygens (including phenoxy) is 2. The van der Waals surface area contributed by atoms with Crippen LogP contribution in [0.2, 0.25) is 0 Å². The molecule has 4 rings (SSSR count). The average molecular weight is 494 g/mol. The maximum absolute atomic E-state index is 12.9. The fourth-order valence-electron chi connectivity index (χ4n) is 4.08. The monoisotopic (exact) mass is 493 g/mol. The summed E-state index contributed by atoms with van der Waals surface area (Å²) in [5, 5.41) is 3.39. The summed E-state index contributed by atoms with van der Waals surface area (Å²) < 4.78 is 10.3. The molecule has 1 unspecified atom stereocenters. The maximum Gasteiger partial charge on any atom is 0.338 e. The second kappa shape index (κ2) is 10.3. The summed E-state index contributed by atoms with van der Waals surface area (Å²) in [7, 11) is 1.64. The van der Waals surface area contributed by atoms with Crippen molar-refractivity contribution < 1.29 is 23.9 Å². The van der Waals surface area contributed by atoms with Crippen molar-refractivity contribution in [2.45, 2.75) is 27.2 Å². The van der Waals surface area contributed by atoms with Crippen molar-refractivity contribution in [3.05, 3.63) is 58.5 Å². The minimum Gasteiger partial charge on any atom is -0.496 e. The molecule has 1 fully saturated rings. The summed E-state index contributed by atoms with van der Waals surface area (Å²) in [5.74, 6) is -0.481. The number of hydrogen-bond donors (Lipinski definition) is 1. The number of nitrogens with zero attached hydrogens (tertiary/aromatic N) is 2. The number of hydrogen-bond acceptors (Lipinski definition) is 7. The zero-order chi connectivity index (χ0) is 25.1. The molecule has 2 heterocycles. The molecule has 1 atom stereocenters. The molecule has 1 saturated heterocycles. The standard InChI is InChI=1S/C26H27N3O5S/c1-5-34-25(32)17-6-9-20(10-7-17)29-14-19(13-22(29)30)24(31)28-26-27-23(16(3)35-26)18-8-11-21(33-4)15(2)12-18/h6-12,19H,5,13-14H2,1-4H3,(H,27,28,31). The van der Waals surface area contributed by atoms with Gasteiger partial charge in [0.15, 0.2) is 5.13 Å². The Kier molecular flexibility index (Phi) is 7.16. The lowest BCUT2D eigenvalue weighted by atomic mass is 10.1. The summed E-state index contributed by atoms with van der Waals surface area (Å²) in [5.41, 5.74) is 3.81. The zero-order valence-electron chi connectivity index (χ0n) is 20.1. The van der Waals surface area contributed by atoms with Crippen LogP contribution in [0.25, 0.3) is 11.3 Å². The smallest absolute Gasteiger partial charge is 0.338 e. The third-order valence-corrected chi connectivity index (χ3v) is 6.77. The fourth-order valence-corrected chi connectivity index (χ4v) is 4.91. The van der Waals surface area contributed by atoms with E-state index in [-0.39, 0.29) is 24.8 Å². The first-order valence-electron chi connectivity index (χ1n) is 11.3. The summed E-state index contributed by atoms with van der Waals surface area (Å²) in [6, 6.07) is 12.5. The molecule has 0 saturated carbocycles. The molecule has 2 amide bonds. The molecule has 1 aliphatic rings. The van der Waals surface area contributed by atoms with Gasteiger partial charge in [0.25, 0.3) is 0 Å². The van der Waals surface area contributed by atoms with Gasteiger partial charge in [-0.2, -0.15) is 0 Å². The molecule has 1 N–H and O–H groups in total. The van der Waals surface area contributed by atoms with Gasteiger partial charge in [-0.25, -0.2) is 9.78 Å². The van der Waals surface area contributed by atoms with Gasteiger partial charge in [0, 0.05) is 29.1 Å². The number of rotatable bonds is 7. The van der Waals surface area contributed by atoms with Gasteiger partial charge in [-0.1, -0.05) is 0 Å². The Morgan fingerprint density at radius 3 is 2.57 bits per heavy atom. The van der Waals surface area contributed by atoms with E-state index in [1.165, 1.54) is 11.3 Å². The highest BCUT2D eigenvalue weighted by atomic mass is 32.1. The molecule has 0 aliphatic carbocycles. The number of methoxy groups -OCH3 is 1. The predicted molar refractivity (Wildman–Crippen MR) is 135 cm³/mol. The summed E-state index contributed by atoms with van der Waals surface area (Å²) in [6.45, 7) is 6.23. The Morgan fingerprint density at radius 2 is 1.91 bits per heavy atom. The van der Waals surface area contributed by atoms with Crippen molar-refractivity contribution in [3.63, 3.8) is 0 Å². The fraction of sp³-hybridized carbons (Fsp3) is 0.308. The van der Waals surface area contributed by atoms with Crippen molar-refractivity contribution in [3.8, 4) is 17.0 Å². The number of anilines is 2. The largest absolute Gasteiger partial charge is 0.496 e. The number of benzene rings is 2. The first-order chi connectivity index (χ1) is 16.8. The van der Waals surface area contributed by atoms with Crippen molar-refractivity contribution >= 4 is 39.9 Å². The van der Waals surface area contributed by atoms with Gasteiger partial charge in [0.1, 0.15) is 5.75 Å². The first-order valence-corrected chi connectivity index (χ1v) is 12.1. The van der Waals surface area contributed by atoms with E-state index in [1.807, 2.05) is 32.0 Å². The van der Waals surface area contributed by atoms with Crippen molar-refractivity contribution in [2.75, 3.05) is 30.5 Å². The van der Waals surface area contributed by atoms with Gasteiger partial charge in [-0.3, -0.25) is 9.59 Å². The van der Waals surface area contributed by atoms with Gasteiger partial charge in [0.2, 0.25) is 11.8 Å². The van der Waals surface area contributed by atoms with Gasteiger partial charge in [-0.05, 0) is 68.8 Å². The molecule has 2 aromatic carbocycles.